The van der Waals surface area contributed by atoms with Gasteiger partial charge < -0.3 is 15.4 Å². The van der Waals surface area contributed by atoms with E-state index < -0.39 is 0 Å². The molecule has 0 unspecified atom stereocenters. The third-order valence-electron chi connectivity index (χ3n) is 4.32. The van der Waals surface area contributed by atoms with Crippen LogP contribution in [-0.2, 0) is 14.4 Å². The minimum Gasteiger partial charge on any atom is -0.482 e. The van der Waals surface area contributed by atoms with E-state index in [0.29, 0.717) is 27.9 Å². The number of nitrogens with zero attached hydrogens (tertiary/aromatic N) is 2. The number of rotatable bonds is 5. The van der Waals surface area contributed by atoms with Crippen molar-refractivity contribution in [1.82, 2.24) is 4.98 Å². The second-order valence-corrected chi connectivity index (χ2v) is 7.45. The van der Waals surface area contributed by atoms with Crippen LogP contribution >= 0.6 is 11.3 Å². The molecule has 9 heteroatoms. The van der Waals surface area contributed by atoms with Crippen LogP contribution in [0.2, 0.25) is 0 Å². The summed E-state index contributed by atoms with van der Waals surface area (Å²) in [6, 6.07) is 14.2. The van der Waals surface area contributed by atoms with E-state index in [-0.39, 0.29) is 24.3 Å². The van der Waals surface area contributed by atoms with Crippen molar-refractivity contribution in [2.45, 2.75) is 6.92 Å². The molecule has 0 radical (unpaired) electrons. The predicted molar refractivity (Wildman–Crippen MR) is 120 cm³/mol. The van der Waals surface area contributed by atoms with Crippen molar-refractivity contribution >= 4 is 57.3 Å². The van der Waals surface area contributed by atoms with Crippen LogP contribution in [0.25, 0.3) is 6.08 Å². The average Bonchev–Trinajstić information content (AvgIpc) is 3.21. The largest absolute Gasteiger partial charge is 0.482 e. The van der Waals surface area contributed by atoms with Crippen molar-refractivity contribution < 1.29 is 19.1 Å². The van der Waals surface area contributed by atoms with Crippen LogP contribution in [0.1, 0.15) is 12.6 Å². The lowest BCUT2D eigenvalue weighted by atomic mass is 10.2. The molecule has 0 aliphatic carbocycles. The van der Waals surface area contributed by atoms with Gasteiger partial charge in [0.1, 0.15) is 5.75 Å². The van der Waals surface area contributed by atoms with Crippen molar-refractivity contribution in [1.29, 1.82) is 0 Å². The molecule has 156 valence electrons. The zero-order valence-corrected chi connectivity index (χ0v) is 17.3. The number of carbonyl (C=O) groups excluding carboxylic acids is 3. The number of ether oxygens (including phenoxy) is 1. The Balaban J connectivity index is 1.44. The number of para-hydroxylation sites is 1. The Morgan fingerprint density at radius 2 is 2.03 bits per heavy atom. The highest BCUT2D eigenvalue weighted by Crippen LogP contribution is 2.31. The molecule has 2 aromatic carbocycles. The van der Waals surface area contributed by atoms with E-state index in [9.17, 15) is 14.4 Å². The summed E-state index contributed by atoms with van der Waals surface area (Å²) in [7, 11) is 0. The third kappa shape index (κ3) is 4.78. The molecule has 1 aromatic heterocycles. The van der Waals surface area contributed by atoms with E-state index in [1.165, 1.54) is 29.2 Å². The van der Waals surface area contributed by atoms with Crippen LogP contribution < -0.4 is 20.3 Å². The van der Waals surface area contributed by atoms with Crippen LogP contribution in [0.4, 0.5) is 22.2 Å². The van der Waals surface area contributed by atoms with E-state index in [1.54, 1.807) is 29.7 Å². The molecule has 4 rings (SSSR count). The van der Waals surface area contributed by atoms with Gasteiger partial charge in [-0.3, -0.25) is 19.3 Å². The smallest absolute Gasteiger partial charge is 0.262 e. The highest BCUT2D eigenvalue weighted by molar-refractivity contribution is 7.14. The first-order valence-electron chi connectivity index (χ1n) is 9.36. The minimum absolute atomic E-state index is 0.0254. The molecule has 1 aliphatic heterocycles. The normalized spacial score (nSPS) is 12.6. The number of hydrogen-bond acceptors (Lipinski definition) is 6. The molecule has 0 bridgehead atoms. The summed E-state index contributed by atoms with van der Waals surface area (Å²) < 4.78 is 5.30. The first kappa shape index (κ1) is 20.3. The average molecular weight is 434 g/mol. The minimum atomic E-state index is -0.357. The Hall–Kier alpha value is -3.98. The molecule has 3 aromatic rings. The SMILES string of the molecule is CC(=O)N(c1ccccc1)c1nc(/C=C/C(=O)Nc2ccc3c(c2)NC(=O)CO3)cs1. The number of fused-ring (bicyclic) bond motifs is 1. The Morgan fingerprint density at radius 3 is 2.81 bits per heavy atom. The van der Waals surface area contributed by atoms with E-state index in [0.717, 1.165) is 5.69 Å². The number of hydrogen-bond donors (Lipinski definition) is 2. The number of carbonyl (C=O) groups is 3. The predicted octanol–water partition coefficient (Wildman–Crippen LogP) is 3.81. The fourth-order valence-corrected chi connectivity index (χ4v) is 3.82. The van der Waals surface area contributed by atoms with Gasteiger partial charge >= 0.3 is 0 Å². The molecule has 2 heterocycles. The summed E-state index contributed by atoms with van der Waals surface area (Å²) in [4.78, 5) is 41.8. The molecule has 0 fully saturated rings. The van der Waals surface area contributed by atoms with Crippen LogP contribution in [0.5, 0.6) is 5.75 Å². The first-order valence-corrected chi connectivity index (χ1v) is 10.2. The number of aromatic nitrogens is 1. The number of thiazole rings is 1. The fraction of sp³-hybridized carbons (Fsp3) is 0.0909. The van der Waals surface area contributed by atoms with Gasteiger partial charge in [-0.25, -0.2) is 4.98 Å². The molecular formula is C22H18N4O4S. The zero-order valence-electron chi connectivity index (χ0n) is 16.5. The van der Waals surface area contributed by atoms with Gasteiger partial charge in [0.25, 0.3) is 5.91 Å². The van der Waals surface area contributed by atoms with Gasteiger partial charge in [-0.05, 0) is 36.4 Å². The summed E-state index contributed by atoms with van der Waals surface area (Å²) in [5, 5.41) is 7.71. The Kier molecular flexibility index (Phi) is 5.76. The van der Waals surface area contributed by atoms with Crippen LogP contribution in [0, 0.1) is 0 Å². The van der Waals surface area contributed by atoms with Crippen molar-refractivity contribution in [2.75, 3.05) is 22.1 Å². The lowest BCUT2D eigenvalue weighted by Gasteiger charge is -2.18. The molecule has 1 aliphatic rings. The third-order valence-corrected chi connectivity index (χ3v) is 5.16. The summed E-state index contributed by atoms with van der Waals surface area (Å²) in [5.74, 6) is -0.205. The maximum atomic E-state index is 12.3. The monoisotopic (exact) mass is 434 g/mol. The Labute approximate surface area is 182 Å². The highest BCUT2D eigenvalue weighted by Gasteiger charge is 2.18. The highest BCUT2D eigenvalue weighted by atomic mass is 32.1. The van der Waals surface area contributed by atoms with Gasteiger partial charge in [-0.15, -0.1) is 11.3 Å². The second-order valence-electron chi connectivity index (χ2n) is 6.62. The molecule has 8 nitrogen and oxygen atoms in total. The molecule has 2 N–H and O–H groups in total. The van der Waals surface area contributed by atoms with Gasteiger partial charge in [-0.1, -0.05) is 18.2 Å². The molecule has 0 atom stereocenters. The van der Waals surface area contributed by atoms with Crippen molar-refractivity contribution in [3.05, 3.63) is 65.7 Å². The van der Waals surface area contributed by atoms with E-state index in [4.69, 9.17) is 4.74 Å². The lowest BCUT2D eigenvalue weighted by molar-refractivity contribution is -0.118. The molecule has 31 heavy (non-hydrogen) atoms. The van der Waals surface area contributed by atoms with E-state index in [1.807, 2.05) is 30.3 Å². The van der Waals surface area contributed by atoms with Gasteiger partial charge in [0, 0.05) is 24.1 Å². The Morgan fingerprint density at radius 1 is 1.23 bits per heavy atom. The quantitative estimate of drug-likeness (QED) is 0.595. The standard InChI is InChI=1S/C22H18N4O4S/c1-14(27)26(17-5-3-2-4-6-17)22-24-16(13-31-22)8-10-20(28)23-15-7-9-19-18(11-15)25-21(29)12-30-19/h2-11,13H,12H2,1H3,(H,23,28)(H,25,29)/b10-8+. The molecular weight excluding hydrogens is 416 g/mol. The maximum Gasteiger partial charge on any atom is 0.262 e. The van der Waals surface area contributed by atoms with Gasteiger partial charge in [0.2, 0.25) is 11.8 Å². The number of amides is 3. The van der Waals surface area contributed by atoms with Crippen LogP contribution in [0.3, 0.4) is 0 Å². The van der Waals surface area contributed by atoms with Gasteiger partial charge in [-0.2, -0.15) is 0 Å². The van der Waals surface area contributed by atoms with E-state index in [2.05, 4.69) is 15.6 Å². The zero-order chi connectivity index (χ0) is 21.8. The van der Waals surface area contributed by atoms with Crippen molar-refractivity contribution in [3.8, 4) is 5.75 Å². The number of nitrogens with one attached hydrogen (secondary N) is 2. The van der Waals surface area contributed by atoms with Crippen LogP contribution in [0.15, 0.2) is 60.0 Å². The molecule has 0 saturated heterocycles. The number of benzene rings is 2. The van der Waals surface area contributed by atoms with Gasteiger partial charge in [0.05, 0.1) is 17.1 Å². The summed E-state index contributed by atoms with van der Waals surface area (Å²) in [6.07, 6.45) is 2.93. The fourth-order valence-electron chi connectivity index (χ4n) is 2.97. The summed E-state index contributed by atoms with van der Waals surface area (Å²) in [5.41, 5.74) is 2.31. The first-order chi connectivity index (χ1) is 15.0. The topological polar surface area (TPSA) is 101 Å². The summed E-state index contributed by atoms with van der Waals surface area (Å²) in [6.45, 7) is 1.45. The second kappa shape index (κ2) is 8.80. The Bertz CT molecular complexity index is 1170. The maximum absolute atomic E-state index is 12.3. The molecule has 0 spiro atoms. The lowest BCUT2D eigenvalue weighted by Crippen LogP contribution is -2.25. The van der Waals surface area contributed by atoms with Crippen molar-refractivity contribution in [2.24, 2.45) is 0 Å². The van der Waals surface area contributed by atoms with Crippen LogP contribution in [-0.4, -0.2) is 29.3 Å². The summed E-state index contributed by atoms with van der Waals surface area (Å²) >= 11 is 1.31. The van der Waals surface area contributed by atoms with Gasteiger partial charge in [0.15, 0.2) is 11.7 Å². The molecule has 0 saturated carbocycles. The van der Waals surface area contributed by atoms with Crippen molar-refractivity contribution in [3.63, 3.8) is 0 Å². The van der Waals surface area contributed by atoms with E-state index >= 15 is 0 Å². The molecule has 3 amide bonds. The number of anilines is 4.